The van der Waals surface area contributed by atoms with Crippen LogP contribution in [0.15, 0.2) is 54.6 Å². The average molecular weight is 363 g/mol. The maximum Gasteiger partial charge on any atom is 0.332 e. The van der Waals surface area contributed by atoms with Gasteiger partial charge in [-0.15, -0.1) is 0 Å². The Morgan fingerprint density at radius 3 is 2.41 bits per heavy atom. The molecule has 0 N–H and O–H groups in total. The number of imide groups is 1. The van der Waals surface area contributed by atoms with E-state index in [1.807, 2.05) is 49.4 Å². The SMILES string of the molecule is C[C@H]1Cc2ccccc2N1C(=O)CN1C(=O)[C@H](C)N(c2ccccc2)C1=O. The molecule has 138 valence electrons. The number of amides is 4. The van der Waals surface area contributed by atoms with Crippen molar-refractivity contribution in [1.29, 1.82) is 0 Å². The van der Waals surface area contributed by atoms with Crippen LogP contribution >= 0.6 is 0 Å². The minimum atomic E-state index is -0.629. The topological polar surface area (TPSA) is 60.9 Å². The molecule has 0 spiro atoms. The second kappa shape index (κ2) is 6.54. The Morgan fingerprint density at radius 2 is 1.67 bits per heavy atom. The van der Waals surface area contributed by atoms with Crippen LogP contribution < -0.4 is 9.80 Å². The summed E-state index contributed by atoms with van der Waals surface area (Å²) in [5.74, 6) is -0.589. The first-order valence-electron chi connectivity index (χ1n) is 9.08. The Kier molecular flexibility index (Phi) is 4.18. The van der Waals surface area contributed by atoms with E-state index in [1.165, 1.54) is 4.90 Å². The Morgan fingerprint density at radius 1 is 1.00 bits per heavy atom. The molecule has 6 nitrogen and oxygen atoms in total. The van der Waals surface area contributed by atoms with Crippen LogP contribution in [-0.4, -0.2) is 41.4 Å². The van der Waals surface area contributed by atoms with Gasteiger partial charge in [0.05, 0.1) is 0 Å². The van der Waals surface area contributed by atoms with Gasteiger partial charge in [-0.3, -0.25) is 19.4 Å². The zero-order valence-electron chi connectivity index (χ0n) is 15.3. The number of fused-ring (bicyclic) bond motifs is 1. The molecule has 1 saturated heterocycles. The molecule has 0 unspecified atom stereocenters. The Bertz CT molecular complexity index is 912. The van der Waals surface area contributed by atoms with E-state index < -0.39 is 12.1 Å². The van der Waals surface area contributed by atoms with Gasteiger partial charge in [-0.05, 0) is 44.0 Å². The molecule has 2 aromatic rings. The lowest BCUT2D eigenvalue weighted by Crippen LogP contribution is -2.45. The lowest BCUT2D eigenvalue weighted by molar-refractivity contribution is -0.131. The van der Waals surface area contributed by atoms with Crippen molar-refractivity contribution in [1.82, 2.24) is 4.90 Å². The van der Waals surface area contributed by atoms with Gasteiger partial charge in [0.2, 0.25) is 5.91 Å². The number of para-hydroxylation sites is 2. The minimum absolute atomic E-state index is 0.00496. The first kappa shape index (κ1) is 17.3. The summed E-state index contributed by atoms with van der Waals surface area (Å²) in [6.07, 6.45) is 0.774. The van der Waals surface area contributed by atoms with E-state index in [0.29, 0.717) is 5.69 Å². The number of nitrogens with zero attached hydrogens (tertiary/aromatic N) is 3. The van der Waals surface area contributed by atoms with Crippen LogP contribution in [0.4, 0.5) is 16.2 Å². The van der Waals surface area contributed by atoms with E-state index in [4.69, 9.17) is 0 Å². The molecule has 1 fully saturated rings. The molecule has 0 aliphatic carbocycles. The molecule has 6 heteroatoms. The molecule has 2 aliphatic heterocycles. The zero-order chi connectivity index (χ0) is 19.1. The van der Waals surface area contributed by atoms with E-state index in [2.05, 4.69) is 0 Å². The van der Waals surface area contributed by atoms with Crippen LogP contribution in [0.25, 0.3) is 0 Å². The summed E-state index contributed by atoms with van der Waals surface area (Å²) >= 11 is 0. The molecule has 27 heavy (non-hydrogen) atoms. The molecule has 4 amide bonds. The van der Waals surface area contributed by atoms with Gasteiger partial charge in [0.1, 0.15) is 12.6 Å². The molecule has 0 radical (unpaired) electrons. The van der Waals surface area contributed by atoms with E-state index in [-0.39, 0.29) is 24.4 Å². The third-order valence-electron chi connectivity index (χ3n) is 5.25. The summed E-state index contributed by atoms with van der Waals surface area (Å²) in [7, 11) is 0. The minimum Gasteiger partial charge on any atom is -0.307 e. The van der Waals surface area contributed by atoms with Gasteiger partial charge in [-0.25, -0.2) is 4.79 Å². The Labute approximate surface area is 158 Å². The second-order valence-electron chi connectivity index (χ2n) is 7.03. The van der Waals surface area contributed by atoms with E-state index in [9.17, 15) is 14.4 Å². The van der Waals surface area contributed by atoms with Gasteiger partial charge < -0.3 is 4.90 Å². The van der Waals surface area contributed by atoms with Crippen LogP contribution in [0.3, 0.4) is 0 Å². The number of rotatable bonds is 3. The molecule has 2 aliphatic rings. The van der Waals surface area contributed by atoms with E-state index >= 15 is 0 Å². The summed E-state index contributed by atoms with van der Waals surface area (Å²) in [5, 5.41) is 0. The van der Waals surface area contributed by atoms with Crippen molar-refractivity contribution in [2.45, 2.75) is 32.4 Å². The second-order valence-corrected chi connectivity index (χ2v) is 7.03. The maximum absolute atomic E-state index is 13.0. The van der Waals surface area contributed by atoms with E-state index in [0.717, 1.165) is 22.6 Å². The number of anilines is 2. The molecule has 2 atom stereocenters. The largest absolute Gasteiger partial charge is 0.332 e. The van der Waals surface area contributed by atoms with Crippen molar-refractivity contribution < 1.29 is 14.4 Å². The third-order valence-corrected chi connectivity index (χ3v) is 5.25. The first-order chi connectivity index (χ1) is 13.0. The summed E-state index contributed by atoms with van der Waals surface area (Å²) in [5.41, 5.74) is 2.62. The number of hydrogen-bond acceptors (Lipinski definition) is 3. The lowest BCUT2D eigenvalue weighted by atomic mass is 10.1. The van der Waals surface area contributed by atoms with Crippen molar-refractivity contribution in [2.75, 3.05) is 16.3 Å². The molecule has 0 saturated carbocycles. The summed E-state index contributed by atoms with van der Waals surface area (Å²) in [6.45, 7) is 3.42. The molecule has 4 rings (SSSR count). The number of hydrogen-bond donors (Lipinski definition) is 0. The van der Waals surface area contributed by atoms with Gasteiger partial charge in [-0.2, -0.15) is 0 Å². The van der Waals surface area contributed by atoms with Gasteiger partial charge in [0.15, 0.2) is 0 Å². The third kappa shape index (κ3) is 2.77. The number of urea groups is 1. The lowest BCUT2D eigenvalue weighted by Gasteiger charge is -2.25. The quantitative estimate of drug-likeness (QED) is 0.788. The predicted molar refractivity (Wildman–Crippen MR) is 103 cm³/mol. The van der Waals surface area contributed by atoms with Gasteiger partial charge in [0, 0.05) is 17.4 Å². The summed E-state index contributed by atoms with van der Waals surface area (Å²) in [4.78, 5) is 42.7. The van der Waals surface area contributed by atoms with Crippen LogP contribution in [0, 0.1) is 0 Å². The van der Waals surface area contributed by atoms with Crippen molar-refractivity contribution in [2.24, 2.45) is 0 Å². The van der Waals surface area contributed by atoms with Crippen molar-refractivity contribution in [3.05, 3.63) is 60.2 Å². The summed E-state index contributed by atoms with van der Waals surface area (Å²) in [6, 6.07) is 15.7. The molecule has 0 bridgehead atoms. The monoisotopic (exact) mass is 363 g/mol. The fraction of sp³-hybridized carbons (Fsp3) is 0.286. The van der Waals surface area contributed by atoms with Crippen molar-refractivity contribution in [3.63, 3.8) is 0 Å². The molecular weight excluding hydrogens is 342 g/mol. The number of carbonyl (C=O) groups is 3. The molecule has 2 aromatic carbocycles. The average Bonchev–Trinajstić information content (AvgIpc) is 3.11. The highest BCUT2D eigenvalue weighted by Crippen LogP contribution is 2.32. The smallest absolute Gasteiger partial charge is 0.307 e. The molecule has 2 heterocycles. The van der Waals surface area contributed by atoms with Crippen LogP contribution in [0.2, 0.25) is 0 Å². The fourth-order valence-electron chi connectivity index (χ4n) is 3.95. The van der Waals surface area contributed by atoms with Crippen molar-refractivity contribution in [3.8, 4) is 0 Å². The highest BCUT2D eigenvalue weighted by Gasteiger charge is 2.45. The maximum atomic E-state index is 13.0. The molecular formula is C21H21N3O3. The predicted octanol–water partition coefficient (Wildman–Crippen LogP) is 2.82. The zero-order valence-corrected chi connectivity index (χ0v) is 15.3. The van der Waals surface area contributed by atoms with Gasteiger partial charge in [-0.1, -0.05) is 36.4 Å². The highest BCUT2D eigenvalue weighted by atomic mass is 16.2. The highest BCUT2D eigenvalue weighted by molar-refractivity contribution is 6.16. The van der Waals surface area contributed by atoms with Crippen molar-refractivity contribution >= 4 is 29.2 Å². The van der Waals surface area contributed by atoms with Gasteiger partial charge >= 0.3 is 6.03 Å². The Hall–Kier alpha value is -3.15. The Balaban J connectivity index is 1.57. The van der Waals surface area contributed by atoms with Gasteiger partial charge in [0.25, 0.3) is 5.91 Å². The van der Waals surface area contributed by atoms with E-state index in [1.54, 1.807) is 24.0 Å². The number of carbonyl (C=O) groups excluding carboxylic acids is 3. The normalized spacial score (nSPS) is 21.8. The fourth-order valence-corrected chi connectivity index (χ4v) is 3.95. The van der Waals surface area contributed by atoms with Crippen LogP contribution in [-0.2, 0) is 16.0 Å². The first-order valence-corrected chi connectivity index (χ1v) is 9.08. The van der Waals surface area contributed by atoms with Crippen LogP contribution in [0.5, 0.6) is 0 Å². The standard InChI is InChI=1S/C21H21N3O3/c1-14-12-16-8-6-7-11-18(16)23(14)19(25)13-22-20(26)15(2)24(21(22)27)17-9-4-3-5-10-17/h3-11,14-15H,12-13H2,1-2H3/t14-,15-/m0/s1. The summed E-state index contributed by atoms with van der Waals surface area (Å²) < 4.78 is 0. The van der Waals surface area contributed by atoms with Crippen LogP contribution in [0.1, 0.15) is 19.4 Å². The number of benzene rings is 2. The molecule has 0 aromatic heterocycles.